The molecule has 3 aromatic rings. The minimum atomic E-state index is -0.490. The Bertz CT molecular complexity index is 934. The molecule has 5 heteroatoms. The fourth-order valence-electron chi connectivity index (χ4n) is 2.45. The van der Waals surface area contributed by atoms with Crippen molar-refractivity contribution in [3.8, 4) is 0 Å². The average Bonchev–Trinajstić information content (AvgIpc) is 2.69. The number of nitro groups is 1. The van der Waals surface area contributed by atoms with Crippen LogP contribution in [0.4, 0.5) is 11.4 Å². The van der Waals surface area contributed by atoms with Crippen LogP contribution < -0.4 is 5.32 Å². The molecule has 0 aliphatic carbocycles. The number of nitrogens with one attached hydrogen (secondary N) is 1. The molecular weight excluding hydrogens is 328 g/mol. The minimum Gasteiger partial charge on any atom is -0.355 e. The van der Waals surface area contributed by atoms with E-state index in [9.17, 15) is 14.9 Å². The van der Waals surface area contributed by atoms with E-state index in [-0.39, 0.29) is 11.5 Å². The predicted octanol–water partition coefficient (Wildman–Crippen LogP) is 4.93. The molecule has 0 aliphatic heterocycles. The zero-order valence-corrected chi connectivity index (χ0v) is 13.8. The van der Waals surface area contributed by atoms with Crippen molar-refractivity contribution in [3.05, 3.63) is 112 Å². The topological polar surface area (TPSA) is 72.2 Å². The molecule has 0 saturated carbocycles. The fraction of sp³-hybridized carbons (Fsp3) is 0. The van der Waals surface area contributed by atoms with Crippen LogP contribution in [0.3, 0.4) is 0 Å². The van der Waals surface area contributed by atoms with Crippen molar-refractivity contribution in [1.82, 2.24) is 0 Å². The van der Waals surface area contributed by atoms with Crippen molar-refractivity contribution in [1.29, 1.82) is 0 Å². The summed E-state index contributed by atoms with van der Waals surface area (Å²) < 4.78 is 0. The highest BCUT2D eigenvalue weighted by Gasteiger charge is 2.10. The number of carbonyl (C=O) groups is 1. The quantitative estimate of drug-likeness (QED) is 0.298. The highest BCUT2D eigenvalue weighted by molar-refractivity contribution is 6.09. The molecule has 0 aliphatic rings. The highest BCUT2D eigenvalue weighted by Crippen LogP contribution is 2.20. The molecule has 5 nitrogen and oxygen atoms in total. The Balaban J connectivity index is 1.92. The summed E-state index contributed by atoms with van der Waals surface area (Å²) in [5.74, 6) is -0.234. The van der Waals surface area contributed by atoms with Gasteiger partial charge in [0.15, 0.2) is 5.78 Å². The molecule has 1 N–H and O–H groups in total. The number of ketones is 1. The Kier molecular flexibility index (Phi) is 5.19. The first-order valence-electron chi connectivity index (χ1n) is 8.01. The van der Waals surface area contributed by atoms with Gasteiger partial charge >= 0.3 is 0 Å². The lowest BCUT2D eigenvalue weighted by molar-refractivity contribution is -0.384. The molecule has 0 aromatic heterocycles. The maximum absolute atomic E-state index is 12.6. The molecule has 0 atom stereocenters. The minimum absolute atomic E-state index is 0.0452. The van der Waals surface area contributed by atoms with Gasteiger partial charge in [0.1, 0.15) is 0 Å². The second kappa shape index (κ2) is 7.90. The molecule has 0 unspecified atom stereocenters. The number of para-hydroxylation sites is 1. The highest BCUT2D eigenvalue weighted by atomic mass is 16.6. The summed E-state index contributed by atoms with van der Waals surface area (Å²) in [6, 6.07) is 24.6. The summed E-state index contributed by atoms with van der Waals surface area (Å²) in [6.45, 7) is 0. The van der Waals surface area contributed by atoms with Gasteiger partial charge in [0, 0.05) is 35.2 Å². The SMILES string of the molecule is O=C(/C=C(\Nc1ccccc1)c1ccccc1)c1ccc([N+](=O)[O-])cc1. The Morgan fingerprint density at radius 2 is 1.38 bits per heavy atom. The van der Waals surface area contributed by atoms with E-state index in [2.05, 4.69) is 5.32 Å². The number of nitro benzene ring substituents is 1. The Morgan fingerprint density at radius 3 is 1.96 bits per heavy atom. The van der Waals surface area contributed by atoms with Crippen molar-refractivity contribution in [3.63, 3.8) is 0 Å². The maximum Gasteiger partial charge on any atom is 0.269 e. The zero-order chi connectivity index (χ0) is 18.4. The number of anilines is 1. The third kappa shape index (κ3) is 4.21. The lowest BCUT2D eigenvalue weighted by Crippen LogP contribution is -2.03. The van der Waals surface area contributed by atoms with E-state index >= 15 is 0 Å². The van der Waals surface area contributed by atoms with Crippen LogP contribution >= 0.6 is 0 Å². The smallest absolute Gasteiger partial charge is 0.269 e. The summed E-state index contributed by atoms with van der Waals surface area (Å²) in [5.41, 5.74) is 2.72. The lowest BCUT2D eigenvalue weighted by Gasteiger charge is -2.11. The van der Waals surface area contributed by atoms with Gasteiger partial charge in [-0.25, -0.2) is 0 Å². The van der Waals surface area contributed by atoms with E-state index in [1.807, 2.05) is 60.7 Å². The standard InChI is InChI=1S/C21H16N2O3/c24-21(17-11-13-19(14-12-17)23(25)26)15-20(16-7-3-1-4-8-16)22-18-9-5-2-6-10-18/h1-15,22H/b20-15-. The Labute approximate surface area is 150 Å². The molecule has 26 heavy (non-hydrogen) atoms. The summed E-state index contributed by atoms with van der Waals surface area (Å²) >= 11 is 0. The first-order chi connectivity index (χ1) is 12.6. The van der Waals surface area contributed by atoms with Crippen LogP contribution in [-0.4, -0.2) is 10.7 Å². The van der Waals surface area contributed by atoms with Crippen LogP contribution in [-0.2, 0) is 0 Å². The van der Waals surface area contributed by atoms with Gasteiger partial charge in [-0.15, -0.1) is 0 Å². The van der Waals surface area contributed by atoms with Crippen LogP contribution in [0, 0.1) is 10.1 Å². The molecule has 0 heterocycles. The van der Waals surface area contributed by atoms with Crippen molar-refractivity contribution in [2.24, 2.45) is 0 Å². The van der Waals surface area contributed by atoms with Gasteiger partial charge in [-0.05, 0) is 29.8 Å². The third-order valence-electron chi connectivity index (χ3n) is 3.78. The Hall–Kier alpha value is -3.73. The number of non-ortho nitro benzene ring substituents is 1. The van der Waals surface area contributed by atoms with Crippen molar-refractivity contribution in [2.75, 3.05) is 5.32 Å². The lowest BCUT2D eigenvalue weighted by atomic mass is 10.1. The molecule has 0 saturated heterocycles. The van der Waals surface area contributed by atoms with Gasteiger partial charge in [0.05, 0.1) is 4.92 Å². The Morgan fingerprint density at radius 1 is 0.808 bits per heavy atom. The van der Waals surface area contributed by atoms with E-state index in [1.54, 1.807) is 0 Å². The van der Waals surface area contributed by atoms with E-state index in [1.165, 1.54) is 30.3 Å². The number of hydrogen-bond donors (Lipinski definition) is 1. The molecule has 128 valence electrons. The average molecular weight is 344 g/mol. The second-order valence-electron chi connectivity index (χ2n) is 5.58. The van der Waals surface area contributed by atoms with Crippen LogP contribution in [0.5, 0.6) is 0 Å². The third-order valence-corrected chi connectivity index (χ3v) is 3.78. The van der Waals surface area contributed by atoms with E-state index in [4.69, 9.17) is 0 Å². The van der Waals surface area contributed by atoms with E-state index < -0.39 is 4.92 Å². The van der Waals surface area contributed by atoms with Crippen LogP contribution in [0.1, 0.15) is 15.9 Å². The fourth-order valence-corrected chi connectivity index (χ4v) is 2.45. The number of carbonyl (C=O) groups excluding carboxylic acids is 1. The molecule has 0 amide bonds. The normalized spacial score (nSPS) is 11.0. The van der Waals surface area contributed by atoms with Gasteiger partial charge in [0.2, 0.25) is 0 Å². The first-order valence-corrected chi connectivity index (χ1v) is 8.01. The number of allylic oxidation sites excluding steroid dienone is 1. The molecule has 3 aromatic carbocycles. The van der Waals surface area contributed by atoms with Crippen LogP contribution in [0.2, 0.25) is 0 Å². The largest absolute Gasteiger partial charge is 0.355 e. The van der Waals surface area contributed by atoms with Gasteiger partial charge < -0.3 is 5.32 Å². The van der Waals surface area contributed by atoms with E-state index in [0.29, 0.717) is 11.3 Å². The maximum atomic E-state index is 12.6. The van der Waals surface area contributed by atoms with Crippen molar-refractivity contribution < 1.29 is 9.72 Å². The van der Waals surface area contributed by atoms with Crippen LogP contribution in [0.15, 0.2) is 91.0 Å². The molecule has 0 fully saturated rings. The molecule has 0 bridgehead atoms. The summed E-state index contributed by atoms with van der Waals surface area (Å²) in [7, 11) is 0. The van der Waals surface area contributed by atoms with Crippen LogP contribution in [0.25, 0.3) is 5.70 Å². The predicted molar refractivity (Wildman–Crippen MR) is 102 cm³/mol. The molecular formula is C21H16N2O3. The van der Waals surface area contributed by atoms with Gasteiger partial charge in [-0.2, -0.15) is 0 Å². The number of nitrogens with zero attached hydrogens (tertiary/aromatic N) is 1. The second-order valence-corrected chi connectivity index (χ2v) is 5.58. The zero-order valence-electron chi connectivity index (χ0n) is 13.8. The number of hydrogen-bond acceptors (Lipinski definition) is 4. The van der Waals surface area contributed by atoms with Crippen molar-refractivity contribution >= 4 is 22.9 Å². The number of rotatable bonds is 6. The van der Waals surface area contributed by atoms with Crippen molar-refractivity contribution in [2.45, 2.75) is 0 Å². The van der Waals surface area contributed by atoms with Gasteiger partial charge in [-0.3, -0.25) is 14.9 Å². The molecule has 0 spiro atoms. The summed E-state index contributed by atoms with van der Waals surface area (Å²) in [5, 5.41) is 14.0. The first kappa shape index (κ1) is 17.1. The number of benzene rings is 3. The molecule has 3 rings (SSSR count). The summed E-state index contributed by atoms with van der Waals surface area (Å²) in [4.78, 5) is 22.9. The van der Waals surface area contributed by atoms with E-state index in [0.717, 1.165) is 11.3 Å². The van der Waals surface area contributed by atoms with Gasteiger partial charge in [-0.1, -0.05) is 48.5 Å². The molecule has 0 radical (unpaired) electrons. The summed E-state index contributed by atoms with van der Waals surface area (Å²) in [6.07, 6.45) is 1.50. The monoisotopic (exact) mass is 344 g/mol. The van der Waals surface area contributed by atoms with Gasteiger partial charge in [0.25, 0.3) is 5.69 Å².